The van der Waals surface area contributed by atoms with Crippen molar-refractivity contribution in [2.75, 3.05) is 13.1 Å². The highest BCUT2D eigenvalue weighted by Crippen LogP contribution is 2.49. The molecule has 0 aromatic heterocycles. The van der Waals surface area contributed by atoms with Crippen molar-refractivity contribution in [3.8, 4) is 0 Å². The number of amides is 1. The molecule has 0 aliphatic heterocycles. The fourth-order valence-corrected chi connectivity index (χ4v) is 2.78. The molecule has 0 saturated heterocycles. The van der Waals surface area contributed by atoms with Crippen LogP contribution in [0.5, 0.6) is 0 Å². The zero-order valence-electron chi connectivity index (χ0n) is 12.4. The lowest BCUT2D eigenvalue weighted by atomic mass is 9.93. The average molecular weight is 259 g/mol. The number of benzene rings is 1. The largest absolute Gasteiger partial charge is 0.342 e. The van der Waals surface area contributed by atoms with E-state index >= 15 is 0 Å². The van der Waals surface area contributed by atoms with E-state index in [4.69, 9.17) is 0 Å². The molecule has 1 aliphatic rings. The highest BCUT2D eigenvalue weighted by Gasteiger charge is 2.52. The Bertz CT molecular complexity index is 425. The van der Waals surface area contributed by atoms with Gasteiger partial charge in [0, 0.05) is 13.1 Å². The lowest BCUT2D eigenvalue weighted by molar-refractivity contribution is -0.134. The van der Waals surface area contributed by atoms with Crippen LogP contribution in [-0.4, -0.2) is 23.9 Å². The summed E-state index contributed by atoms with van der Waals surface area (Å²) in [6.07, 6.45) is 4.10. The molecule has 2 nitrogen and oxygen atoms in total. The monoisotopic (exact) mass is 259 g/mol. The van der Waals surface area contributed by atoms with Crippen molar-refractivity contribution in [1.82, 2.24) is 4.90 Å². The Morgan fingerprint density at radius 3 is 2.05 bits per heavy atom. The second-order valence-corrected chi connectivity index (χ2v) is 5.74. The third kappa shape index (κ3) is 2.83. The minimum absolute atomic E-state index is 0.196. The molecular formula is C17H25NO. The first kappa shape index (κ1) is 14.1. The van der Waals surface area contributed by atoms with Gasteiger partial charge in [0.25, 0.3) is 0 Å². The van der Waals surface area contributed by atoms with Crippen LogP contribution in [0.2, 0.25) is 0 Å². The molecule has 0 N–H and O–H groups in total. The van der Waals surface area contributed by atoms with Crippen molar-refractivity contribution in [1.29, 1.82) is 0 Å². The van der Waals surface area contributed by atoms with Crippen LogP contribution in [0.25, 0.3) is 0 Å². The fourth-order valence-electron chi connectivity index (χ4n) is 2.78. The van der Waals surface area contributed by atoms with Crippen molar-refractivity contribution < 1.29 is 4.79 Å². The summed E-state index contributed by atoms with van der Waals surface area (Å²) in [5.74, 6) is 0.347. The molecule has 1 saturated carbocycles. The van der Waals surface area contributed by atoms with E-state index in [1.54, 1.807) is 0 Å². The fraction of sp³-hybridized carbons (Fsp3) is 0.588. The van der Waals surface area contributed by atoms with Gasteiger partial charge < -0.3 is 4.90 Å². The summed E-state index contributed by atoms with van der Waals surface area (Å²) in [5.41, 5.74) is 2.27. The van der Waals surface area contributed by atoms with Crippen LogP contribution in [-0.2, 0) is 10.2 Å². The SMILES string of the molecule is CCCN(CCC)C(=O)C1(c2ccc(C)cc2)CC1. The summed E-state index contributed by atoms with van der Waals surface area (Å²) in [6, 6.07) is 8.51. The molecule has 104 valence electrons. The molecule has 0 unspecified atom stereocenters. The van der Waals surface area contributed by atoms with Crippen LogP contribution in [0.1, 0.15) is 50.7 Å². The Hall–Kier alpha value is -1.31. The zero-order valence-corrected chi connectivity index (χ0v) is 12.4. The maximum absolute atomic E-state index is 12.8. The van der Waals surface area contributed by atoms with Gasteiger partial charge in [0.2, 0.25) is 5.91 Å². The Kier molecular flexibility index (Phi) is 4.28. The van der Waals surface area contributed by atoms with Crippen LogP contribution >= 0.6 is 0 Å². The maximum Gasteiger partial charge on any atom is 0.233 e. The van der Waals surface area contributed by atoms with Crippen molar-refractivity contribution in [2.24, 2.45) is 0 Å². The quantitative estimate of drug-likeness (QED) is 0.763. The number of nitrogens with zero attached hydrogens (tertiary/aromatic N) is 1. The van der Waals surface area contributed by atoms with Gasteiger partial charge in [0.05, 0.1) is 5.41 Å². The van der Waals surface area contributed by atoms with Gasteiger partial charge >= 0.3 is 0 Å². The number of rotatable bonds is 6. The normalized spacial score (nSPS) is 16.2. The van der Waals surface area contributed by atoms with Gasteiger partial charge in [-0.2, -0.15) is 0 Å². The van der Waals surface area contributed by atoms with E-state index in [9.17, 15) is 4.79 Å². The molecule has 1 aliphatic carbocycles. The minimum Gasteiger partial charge on any atom is -0.342 e. The van der Waals surface area contributed by atoms with Gasteiger partial charge in [0.15, 0.2) is 0 Å². The number of carbonyl (C=O) groups is 1. The minimum atomic E-state index is -0.196. The molecular weight excluding hydrogens is 234 g/mol. The van der Waals surface area contributed by atoms with Gasteiger partial charge in [-0.25, -0.2) is 0 Å². The molecule has 0 radical (unpaired) electrons. The highest BCUT2D eigenvalue weighted by molar-refractivity contribution is 5.91. The first-order valence-corrected chi connectivity index (χ1v) is 7.50. The predicted molar refractivity (Wildman–Crippen MR) is 79.3 cm³/mol. The summed E-state index contributed by atoms with van der Waals surface area (Å²) in [5, 5.41) is 0. The molecule has 1 aromatic carbocycles. The van der Waals surface area contributed by atoms with Gasteiger partial charge in [-0.05, 0) is 38.2 Å². The first-order chi connectivity index (χ1) is 9.14. The van der Waals surface area contributed by atoms with Crippen molar-refractivity contribution in [3.63, 3.8) is 0 Å². The first-order valence-electron chi connectivity index (χ1n) is 7.50. The van der Waals surface area contributed by atoms with E-state index in [0.717, 1.165) is 38.8 Å². The molecule has 0 atom stereocenters. The summed E-state index contributed by atoms with van der Waals surface area (Å²) >= 11 is 0. The molecule has 0 heterocycles. The van der Waals surface area contributed by atoms with Crippen molar-refractivity contribution >= 4 is 5.91 Å². The number of hydrogen-bond donors (Lipinski definition) is 0. The standard InChI is InChI=1S/C17H25NO/c1-4-12-18(13-5-2)16(19)17(10-11-17)15-8-6-14(3)7-9-15/h6-9H,4-5,10-13H2,1-3H3. The second-order valence-electron chi connectivity index (χ2n) is 5.74. The van der Waals surface area contributed by atoms with E-state index in [1.165, 1.54) is 11.1 Å². The molecule has 1 aromatic rings. The number of aryl methyl sites for hydroxylation is 1. The van der Waals surface area contributed by atoms with Gasteiger partial charge in [-0.1, -0.05) is 43.7 Å². The van der Waals surface area contributed by atoms with Gasteiger partial charge in [0.1, 0.15) is 0 Å². The zero-order chi connectivity index (χ0) is 13.9. The predicted octanol–water partition coefficient (Wildman–Crippen LogP) is 3.68. The third-order valence-electron chi connectivity index (χ3n) is 4.04. The third-order valence-corrected chi connectivity index (χ3v) is 4.04. The molecule has 0 bridgehead atoms. The summed E-state index contributed by atoms with van der Waals surface area (Å²) in [6.45, 7) is 8.15. The van der Waals surface area contributed by atoms with Crippen LogP contribution in [0, 0.1) is 6.92 Å². The maximum atomic E-state index is 12.8. The van der Waals surface area contributed by atoms with Crippen LogP contribution in [0.3, 0.4) is 0 Å². The number of hydrogen-bond acceptors (Lipinski definition) is 1. The number of carbonyl (C=O) groups excluding carboxylic acids is 1. The van der Waals surface area contributed by atoms with Crippen molar-refractivity contribution in [3.05, 3.63) is 35.4 Å². The molecule has 2 heteroatoms. The van der Waals surface area contributed by atoms with Gasteiger partial charge in [-0.3, -0.25) is 4.79 Å². The summed E-state index contributed by atoms with van der Waals surface area (Å²) in [7, 11) is 0. The van der Waals surface area contributed by atoms with Gasteiger partial charge in [-0.15, -0.1) is 0 Å². The van der Waals surface area contributed by atoms with Crippen LogP contribution < -0.4 is 0 Å². The van der Waals surface area contributed by atoms with Crippen LogP contribution in [0.4, 0.5) is 0 Å². The Morgan fingerprint density at radius 2 is 1.63 bits per heavy atom. The lowest BCUT2D eigenvalue weighted by Crippen LogP contribution is -2.40. The molecule has 1 amide bonds. The summed E-state index contributed by atoms with van der Waals surface area (Å²) in [4.78, 5) is 14.9. The molecule has 1 fully saturated rings. The van der Waals surface area contributed by atoms with Crippen molar-refractivity contribution in [2.45, 2.75) is 51.9 Å². The molecule has 2 rings (SSSR count). The molecule has 19 heavy (non-hydrogen) atoms. The second kappa shape index (κ2) is 5.77. The van der Waals surface area contributed by atoms with E-state index in [2.05, 4.69) is 49.9 Å². The summed E-state index contributed by atoms with van der Waals surface area (Å²) < 4.78 is 0. The molecule has 0 spiro atoms. The van der Waals surface area contributed by atoms with Crippen LogP contribution in [0.15, 0.2) is 24.3 Å². The Labute approximate surface area is 116 Å². The van der Waals surface area contributed by atoms with E-state index in [1.807, 2.05) is 0 Å². The van der Waals surface area contributed by atoms with E-state index in [0.29, 0.717) is 5.91 Å². The Balaban J connectivity index is 2.19. The van der Waals surface area contributed by atoms with E-state index < -0.39 is 0 Å². The smallest absolute Gasteiger partial charge is 0.233 e. The highest BCUT2D eigenvalue weighted by atomic mass is 16.2. The average Bonchev–Trinajstić information content (AvgIpc) is 3.20. The van der Waals surface area contributed by atoms with E-state index in [-0.39, 0.29) is 5.41 Å². The Morgan fingerprint density at radius 1 is 1.11 bits per heavy atom. The topological polar surface area (TPSA) is 20.3 Å². The lowest BCUT2D eigenvalue weighted by Gasteiger charge is -2.27.